The number of amides is 1. The number of benzene rings is 2. The Morgan fingerprint density at radius 3 is 2.33 bits per heavy atom. The predicted molar refractivity (Wildman–Crippen MR) is 94.4 cm³/mol. The molecule has 2 aliphatic rings. The monoisotopic (exact) mass is 322 g/mol. The number of morpholine rings is 1. The molecule has 2 aliphatic heterocycles. The molecule has 24 heavy (non-hydrogen) atoms. The van der Waals surface area contributed by atoms with E-state index in [1.54, 1.807) is 0 Å². The van der Waals surface area contributed by atoms with Gasteiger partial charge in [-0.3, -0.25) is 4.79 Å². The Labute approximate surface area is 142 Å². The first-order valence-corrected chi connectivity index (χ1v) is 8.60. The van der Waals surface area contributed by atoms with Gasteiger partial charge in [0.2, 0.25) is 0 Å². The van der Waals surface area contributed by atoms with Crippen molar-refractivity contribution in [2.45, 2.75) is 13.0 Å². The summed E-state index contributed by atoms with van der Waals surface area (Å²) in [6, 6.07) is 16.4. The number of hydrogen-bond donors (Lipinski definition) is 0. The highest BCUT2D eigenvalue weighted by Crippen LogP contribution is 2.22. The summed E-state index contributed by atoms with van der Waals surface area (Å²) in [6.07, 6.45) is 0.938. The lowest BCUT2D eigenvalue weighted by Crippen LogP contribution is -2.37. The van der Waals surface area contributed by atoms with E-state index in [0.717, 1.165) is 44.8 Å². The summed E-state index contributed by atoms with van der Waals surface area (Å²) in [4.78, 5) is 17.0. The second-order valence-corrected chi connectivity index (χ2v) is 6.39. The maximum atomic E-state index is 12.8. The van der Waals surface area contributed by atoms with E-state index in [4.69, 9.17) is 4.74 Å². The quantitative estimate of drug-likeness (QED) is 0.852. The second kappa shape index (κ2) is 6.65. The van der Waals surface area contributed by atoms with E-state index >= 15 is 0 Å². The van der Waals surface area contributed by atoms with Gasteiger partial charge >= 0.3 is 0 Å². The number of fused-ring (bicyclic) bond motifs is 1. The highest BCUT2D eigenvalue weighted by atomic mass is 16.5. The van der Waals surface area contributed by atoms with Crippen molar-refractivity contribution in [2.75, 3.05) is 37.7 Å². The lowest BCUT2D eigenvalue weighted by atomic mass is 9.99. The molecule has 0 aliphatic carbocycles. The van der Waals surface area contributed by atoms with Gasteiger partial charge in [-0.05, 0) is 41.8 Å². The van der Waals surface area contributed by atoms with E-state index in [-0.39, 0.29) is 5.91 Å². The van der Waals surface area contributed by atoms with E-state index in [0.29, 0.717) is 6.54 Å². The molecule has 2 aromatic rings. The lowest BCUT2D eigenvalue weighted by molar-refractivity contribution is 0.0734. The third-order valence-corrected chi connectivity index (χ3v) is 4.91. The SMILES string of the molecule is O=C(c1ccc(N2CCOCC2)cc1)N1CCc2ccccc2C1. The fourth-order valence-corrected chi connectivity index (χ4v) is 3.49. The zero-order valence-corrected chi connectivity index (χ0v) is 13.8. The third-order valence-electron chi connectivity index (χ3n) is 4.91. The molecule has 1 saturated heterocycles. The number of ether oxygens (including phenoxy) is 1. The Kier molecular flexibility index (Phi) is 4.22. The Bertz CT molecular complexity index is 721. The molecule has 0 bridgehead atoms. The van der Waals surface area contributed by atoms with Crippen molar-refractivity contribution in [3.05, 3.63) is 65.2 Å². The van der Waals surface area contributed by atoms with Crippen molar-refractivity contribution >= 4 is 11.6 Å². The molecule has 0 N–H and O–H groups in total. The molecule has 0 atom stereocenters. The molecule has 0 spiro atoms. The number of anilines is 1. The van der Waals surface area contributed by atoms with E-state index in [9.17, 15) is 4.79 Å². The molecular weight excluding hydrogens is 300 g/mol. The summed E-state index contributed by atoms with van der Waals surface area (Å²) in [7, 11) is 0. The van der Waals surface area contributed by atoms with Crippen LogP contribution in [0, 0.1) is 0 Å². The van der Waals surface area contributed by atoms with Gasteiger partial charge in [0.15, 0.2) is 0 Å². The van der Waals surface area contributed by atoms with E-state index in [1.807, 2.05) is 23.1 Å². The third kappa shape index (κ3) is 3.02. The van der Waals surface area contributed by atoms with Gasteiger partial charge in [0, 0.05) is 37.4 Å². The maximum Gasteiger partial charge on any atom is 0.254 e. The van der Waals surface area contributed by atoms with Crippen LogP contribution in [0.25, 0.3) is 0 Å². The molecule has 124 valence electrons. The lowest BCUT2D eigenvalue weighted by Gasteiger charge is -2.30. The minimum Gasteiger partial charge on any atom is -0.378 e. The first kappa shape index (κ1) is 15.2. The average Bonchev–Trinajstić information content (AvgIpc) is 2.68. The minimum absolute atomic E-state index is 0.123. The fourth-order valence-electron chi connectivity index (χ4n) is 3.49. The van der Waals surface area contributed by atoms with Crippen LogP contribution < -0.4 is 4.90 Å². The second-order valence-electron chi connectivity index (χ2n) is 6.39. The summed E-state index contributed by atoms with van der Waals surface area (Å²) in [5.74, 6) is 0.123. The topological polar surface area (TPSA) is 32.8 Å². The van der Waals surface area contributed by atoms with Crippen LogP contribution in [0.15, 0.2) is 48.5 Å². The minimum atomic E-state index is 0.123. The van der Waals surface area contributed by atoms with Crippen LogP contribution in [0.1, 0.15) is 21.5 Å². The summed E-state index contributed by atoms with van der Waals surface area (Å²) in [5.41, 5.74) is 4.57. The number of nitrogens with zero attached hydrogens (tertiary/aromatic N) is 2. The van der Waals surface area contributed by atoms with E-state index in [2.05, 4.69) is 35.2 Å². The van der Waals surface area contributed by atoms with Crippen molar-refractivity contribution in [3.63, 3.8) is 0 Å². The van der Waals surface area contributed by atoms with E-state index < -0.39 is 0 Å². The number of carbonyl (C=O) groups is 1. The van der Waals surface area contributed by atoms with Gasteiger partial charge in [-0.15, -0.1) is 0 Å². The maximum absolute atomic E-state index is 12.8. The fraction of sp³-hybridized carbons (Fsp3) is 0.350. The summed E-state index contributed by atoms with van der Waals surface area (Å²) >= 11 is 0. The van der Waals surface area contributed by atoms with Crippen LogP contribution in [0.5, 0.6) is 0 Å². The Morgan fingerprint density at radius 1 is 0.875 bits per heavy atom. The molecule has 2 aromatic carbocycles. The first-order valence-electron chi connectivity index (χ1n) is 8.60. The van der Waals surface area contributed by atoms with Crippen LogP contribution in [0.4, 0.5) is 5.69 Å². The molecule has 0 radical (unpaired) electrons. The molecule has 4 heteroatoms. The van der Waals surface area contributed by atoms with Crippen LogP contribution in [-0.2, 0) is 17.7 Å². The number of hydrogen-bond acceptors (Lipinski definition) is 3. The number of carbonyl (C=O) groups excluding carboxylic acids is 1. The van der Waals surface area contributed by atoms with Crippen molar-refractivity contribution in [1.82, 2.24) is 4.90 Å². The molecule has 4 nitrogen and oxygen atoms in total. The molecule has 2 heterocycles. The van der Waals surface area contributed by atoms with Crippen molar-refractivity contribution in [1.29, 1.82) is 0 Å². The average molecular weight is 322 g/mol. The normalized spacial score (nSPS) is 17.5. The molecule has 1 fully saturated rings. The van der Waals surface area contributed by atoms with E-state index in [1.165, 1.54) is 16.8 Å². The standard InChI is InChI=1S/C20H22N2O2/c23-20(22-10-9-16-3-1-2-4-18(16)15-22)17-5-7-19(8-6-17)21-11-13-24-14-12-21/h1-8H,9-15H2. The van der Waals surface area contributed by atoms with Gasteiger partial charge in [-0.1, -0.05) is 24.3 Å². The van der Waals surface area contributed by atoms with Gasteiger partial charge < -0.3 is 14.5 Å². The zero-order valence-electron chi connectivity index (χ0n) is 13.8. The Balaban J connectivity index is 1.47. The Morgan fingerprint density at radius 2 is 1.58 bits per heavy atom. The van der Waals surface area contributed by atoms with Gasteiger partial charge in [0.05, 0.1) is 13.2 Å². The van der Waals surface area contributed by atoms with Crippen molar-refractivity contribution in [3.8, 4) is 0 Å². The Hall–Kier alpha value is -2.33. The van der Waals surface area contributed by atoms with Crippen LogP contribution in [0.3, 0.4) is 0 Å². The van der Waals surface area contributed by atoms with Gasteiger partial charge in [0.25, 0.3) is 5.91 Å². The highest BCUT2D eigenvalue weighted by Gasteiger charge is 2.21. The molecular formula is C20H22N2O2. The highest BCUT2D eigenvalue weighted by molar-refractivity contribution is 5.94. The zero-order chi connectivity index (χ0) is 16.4. The largest absolute Gasteiger partial charge is 0.378 e. The number of rotatable bonds is 2. The molecule has 0 saturated carbocycles. The molecule has 1 amide bonds. The molecule has 0 unspecified atom stereocenters. The van der Waals surface area contributed by atoms with Gasteiger partial charge in [0.1, 0.15) is 0 Å². The predicted octanol–water partition coefficient (Wildman–Crippen LogP) is 2.72. The smallest absolute Gasteiger partial charge is 0.254 e. The van der Waals surface area contributed by atoms with Crippen LogP contribution in [-0.4, -0.2) is 43.7 Å². The van der Waals surface area contributed by atoms with Crippen LogP contribution in [0.2, 0.25) is 0 Å². The van der Waals surface area contributed by atoms with Crippen molar-refractivity contribution in [2.24, 2.45) is 0 Å². The molecule has 4 rings (SSSR count). The van der Waals surface area contributed by atoms with Crippen LogP contribution >= 0.6 is 0 Å². The summed E-state index contributed by atoms with van der Waals surface area (Å²) in [5, 5.41) is 0. The van der Waals surface area contributed by atoms with Crippen molar-refractivity contribution < 1.29 is 9.53 Å². The summed E-state index contributed by atoms with van der Waals surface area (Å²) in [6.45, 7) is 4.87. The summed E-state index contributed by atoms with van der Waals surface area (Å²) < 4.78 is 5.39. The van der Waals surface area contributed by atoms with Gasteiger partial charge in [-0.2, -0.15) is 0 Å². The first-order chi connectivity index (χ1) is 11.8. The molecule has 0 aromatic heterocycles. The van der Waals surface area contributed by atoms with Gasteiger partial charge in [-0.25, -0.2) is 0 Å².